The third-order valence-corrected chi connectivity index (χ3v) is 5.67. The summed E-state index contributed by atoms with van der Waals surface area (Å²) in [5.41, 5.74) is 1.22. The van der Waals surface area contributed by atoms with Gasteiger partial charge in [-0.25, -0.2) is 13.4 Å². The SMILES string of the molecule is CCC(C)(CC)n1c(CCl)nc2c(S(C)(=O)=O)cccc21. The molecule has 2 rings (SSSR count). The number of sulfone groups is 1. The molecule has 0 amide bonds. The van der Waals surface area contributed by atoms with Gasteiger partial charge in [-0.2, -0.15) is 0 Å². The van der Waals surface area contributed by atoms with Crippen molar-refractivity contribution in [3.8, 4) is 0 Å². The van der Waals surface area contributed by atoms with Crippen LogP contribution in [-0.2, 0) is 21.3 Å². The molecule has 0 radical (unpaired) electrons. The van der Waals surface area contributed by atoms with Crippen LogP contribution in [0, 0.1) is 0 Å². The fraction of sp³-hybridized carbons (Fsp3) is 0.533. The second-order valence-electron chi connectivity index (χ2n) is 5.60. The summed E-state index contributed by atoms with van der Waals surface area (Å²) in [7, 11) is -3.32. The van der Waals surface area contributed by atoms with E-state index in [1.54, 1.807) is 12.1 Å². The largest absolute Gasteiger partial charge is 0.321 e. The highest BCUT2D eigenvalue weighted by atomic mass is 35.5. The lowest BCUT2D eigenvalue weighted by atomic mass is 9.94. The summed E-state index contributed by atoms with van der Waals surface area (Å²) in [6, 6.07) is 5.28. The highest BCUT2D eigenvalue weighted by Crippen LogP contribution is 2.33. The van der Waals surface area contributed by atoms with Crippen molar-refractivity contribution in [2.45, 2.75) is 49.9 Å². The number of nitrogens with zero attached hydrogens (tertiary/aromatic N) is 2. The molecule has 0 aliphatic heterocycles. The van der Waals surface area contributed by atoms with Gasteiger partial charge in [-0.1, -0.05) is 19.9 Å². The van der Waals surface area contributed by atoms with Gasteiger partial charge in [0, 0.05) is 11.8 Å². The summed E-state index contributed by atoms with van der Waals surface area (Å²) in [6.07, 6.45) is 3.05. The first-order chi connectivity index (χ1) is 9.78. The van der Waals surface area contributed by atoms with Crippen molar-refractivity contribution in [1.29, 1.82) is 0 Å². The first-order valence-electron chi connectivity index (χ1n) is 7.05. The van der Waals surface area contributed by atoms with Gasteiger partial charge in [0.25, 0.3) is 0 Å². The van der Waals surface area contributed by atoms with E-state index in [1.165, 1.54) is 6.26 Å². The van der Waals surface area contributed by atoms with Crippen molar-refractivity contribution < 1.29 is 8.42 Å². The van der Waals surface area contributed by atoms with Crippen LogP contribution in [0.1, 0.15) is 39.4 Å². The maximum atomic E-state index is 12.0. The lowest BCUT2D eigenvalue weighted by molar-refractivity contribution is 0.296. The molecule has 0 atom stereocenters. The first kappa shape index (κ1) is 16.3. The Morgan fingerprint density at radius 1 is 1.29 bits per heavy atom. The zero-order valence-corrected chi connectivity index (χ0v) is 14.4. The smallest absolute Gasteiger partial charge is 0.177 e. The molecule has 0 spiro atoms. The molecule has 0 aliphatic carbocycles. The molecule has 0 fully saturated rings. The maximum absolute atomic E-state index is 12.0. The Kier molecular flexibility index (Phi) is 4.36. The van der Waals surface area contributed by atoms with Gasteiger partial charge in [0.15, 0.2) is 9.84 Å². The van der Waals surface area contributed by atoms with Gasteiger partial charge in [-0.05, 0) is 31.9 Å². The molecule has 116 valence electrons. The minimum atomic E-state index is -3.32. The van der Waals surface area contributed by atoms with Crippen LogP contribution in [0.15, 0.2) is 23.1 Å². The highest BCUT2D eigenvalue weighted by Gasteiger charge is 2.28. The number of hydrogen-bond acceptors (Lipinski definition) is 3. The van der Waals surface area contributed by atoms with Crippen LogP contribution in [0.4, 0.5) is 0 Å². The summed E-state index contributed by atoms with van der Waals surface area (Å²) < 4.78 is 26.0. The molecule has 0 N–H and O–H groups in total. The van der Waals surface area contributed by atoms with Crippen molar-refractivity contribution in [2.24, 2.45) is 0 Å². The summed E-state index contributed by atoms with van der Waals surface area (Å²) >= 11 is 6.06. The highest BCUT2D eigenvalue weighted by molar-refractivity contribution is 7.91. The van der Waals surface area contributed by atoms with E-state index in [4.69, 9.17) is 11.6 Å². The molecule has 1 aromatic carbocycles. The van der Waals surface area contributed by atoms with Gasteiger partial charge < -0.3 is 4.57 Å². The normalized spacial score (nSPS) is 13.0. The van der Waals surface area contributed by atoms with Crippen molar-refractivity contribution >= 4 is 32.5 Å². The second kappa shape index (κ2) is 5.61. The van der Waals surface area contributed by atoms with Gasteiger partial charge in [-0.3, -0.25) is 0 Å². The van der Waals surface area contributed by atoms with E-state index in [0.29, 0.717) is 11.3 Å². The van der Waals surface area contributed by atoms with Crippen molar-refractivity contribution in [2.75, 3.05) is 6.26 Å². The van der Waals surface area contributed by atoms with Crippen molar-refractivity contribution in [3.63, 3.8) is 0 Å². The lowest BCUT2D eigenvalue weighted by Crippen LogP contribution is -2.29. The van der Waals surface area contributed by atoms with Crippen LogP contribution in [0.2, 0.25) is 0 Å². The molecule has 2 aromatic rings. The quantitative estimate of drug-likeness (QED) is 0.786. The van der Waals surface area contributed by atoms with Gasteiger partial charge in [0.05, 0.1) is 16.3 Å². The Bertz CT molecular complexity index is 761. The van der Waals surface area contributed by atoms with Crippen LogP contribution in [-0.4, -0.2) is 24.2 Å². The molecule has 0 aliphatic rings. The third kappa shape index (κ3) is 2.69. The van der Waals surface area contributed by atoms with E-state index in [1.807, 2.05) is 6.07 Å². The number of halogens is 1. The average molecular weight is 329 g/mol. The molecule has 6 heteroatoms. The zero-order valence-electron chi connectivity index (χ0n) is 12.9. The lowest BCUT2D eigenvalue weighted by Gasteiger charge is -2.31. The van der Waals surface area contributed by atoms with Crippen LogP contribution >= 0.6 is 11.6 Å². The molecule has 21 heavy (non-hydrogen) atoms. The fourth-order valence-corrected chi connectivity index (χ4v) is 3.69. The molecule has 0 saturated carbocycles. The molecular formula is C15H21ClN2O2S. The van der Waals surface area contributed by atoms with Gasteiger partial charge in [-0.15, -0.1) is 11.6 Å². The molecule has 1 aromatic heterocycles. The number of aromatic nitrogens is 2. The summed E-state index contributed by atoms with van der Waals surface area (Å²) in [4.78, 5) is 4.78. The van der Waals surface area contributed by atoms with Crippen LogP contribution < -0.4 is 0 Å². The predicted molar refractivity (Wildman–Crippen MR) is 86.6 cm³/mol. The molecule has 0 bridgehead atoms. The zero-order chi connectivity index (χ0) is 15.8. The van der Waals surface area contributed by atoms with E-state index >= 15 is 0 Å². The van der Waals surface area contributed by atoms with Crippen molar-refractivity contribution in [3.05, 3.63) is 24.0 Å². The minimum Gasteiger partial charge on any atom is -0.321 e. The molecule has 4 nitrogen and oxygen atoms in total. The molecule has 0 unspecified atom stereocenters. The topological polar surface area (TPSA) is 52.0 Å². The Hall–Kier alpha value is -1.07. The van der Waals surface area contributed by atoms with Gasteiger partial charge >= 0.3 is 0 Å². The maximum Gasteiger partial charge on any atom is 0.177 e. The van der Waals surface area contributed by atoms with Crippen molar-refractivity contribution in [1.82, 2.24) is 9.55 Å². The van der Waals surface area contributed by atoms with E-state index in [0.717, 1.165) is 18.4 Å². The molecule has 1 heterocycles. The number of benzene rings is 1. The fourth-order valence-electron chi connectivity index (χ4n) is 2.68. The molecule has 0 saturated heterocycles. The monoisotopic (exact) mass is 328 g/mol. The van der Waals surface area contributed by atoms with E-state index in [2.05, 4.69) is 30.3 Å². The van der Waals surface area contributed by atoms with E-state index < -0.39 is 9.84 Å². The van der Waals surface area contributed by atoms with Crippen LogP contribution in [0.3, 0.4) is 0 Å². The average Bonchev–Trinajstić information content (AvgIpc) is 2.84. The number of hydrogen-bond donors (Lipinski definition) is 0. The summed E-state index contributed by atoms with van der Waals surface area (Å²) in [5.74, 6) is 0.974. The predicted octanol–water partition coefficient (Wildman–Crippen LogP) is 3.71. The third-order valence-electron chi connectivity index (χ3n) is 4.30. The Morgan fingerprint density at radius 2 is 1.90 bits per heavy atom. The summed E-state index contributed by atoms with van der Waals surface area (Å²) in [6.45, 7) is 6.39. The molecular weight excluding hydrogens is 308 g/mol. The van der Waals surface area contributed by atoms with Crippen LogP contribution in [0.5, 0.6) is 0 Å². The Balaban J connectivity index is 2.90. The number of fused-ring (bicyclic) bond motifs is 1. The first-order valence-corrected chi connectivity index (χ1v) is 9.48. The Morgan fingerprint density at radius 3 is 2.38 bits per heavy atom. The number of alkyl halides is 1. The van der Waals surface area contributed by atoms with E-state index in [-0.39, 0.29) is 16.3 Å². The number of rotatable bonds is 5. The van der Waals surface area contributed by atoms with E-state index in [9.17, 15) is 8.42 Å². The van der Waals surface area contributed by atoms with Gasteiger partial charge in [0.2, 0.25) is 0 Å². The number of para-hydroxylation sites is 1. The van der Waals surface area contributed by atoms with Gasteiger partial charge in [0.1, 0.15) is 11.3 Å². The second-order valence-corrected chi connectivity index (χ2v) is 7.85. The Labute approximate surface area is 131 Å². The number of imidazole rings is 1. The summed E-state index contributed by atoms with van der Waals surface area (Å²) in [5, 5.41) is 0. The van der Waals surface area contributed by atoms with Crippen LogP contribution in [0.25, 0.3) is 11.0 Å². The minimum absolute atomic E-state index is 0.130. The standard InChI is InChI=1S/C15H21ClN2O2S/c1-5-15(3,6-2)18-11-8-7-9-12(21(4,19)20)14(11)17-13(18)10-16/h7-9H,5-6,10H2,1-4H3.